The molecule has 0 fully saturated rings. The number of nitrogens with one attached hydrogen (secondary N) is 1. The van der Waals surface area contributed by atoms with E-state index in [1.807, 2.05) is 30.3 Å². The molecular formula is C15H15BrN2O2. The molecule has 2 aromatic rings. The van der Waals surface area contributed by atoms with E-state index in [9.17, 15) is 9.90 Å². The number of aromatic nitrogens is 1. The van der Waals surface area contributed by atoms with Crippen molar-refractivity contribution in [3.63, 3.8) is 0 Å². The van der Waals surface area contributed by atoms with Crippen LogP contribution in [0, 0.1) is 0 Å². The van der Waals surface area contributed by atoms with Crippen LogP contribution in [-0.4, -0.2) is 28.6 Å². The van der Waals surface area contributed by atoms with Gasteiger partial charge in [0.25, 0.3) is 5.91 Å². The lowest BCUT2D eigenvalue weighted by atomic mass is 10.1. The van der Waals surface area contributed by atoms with E-state index in [4.69, 9.17) is 0 Å². The first-order valence-corrected chi connectivity index (χ1v) is 7.06. The average molecular weight is 335 g/mol. The van der Waals surface area contributed by atoms with Crippen molar-refractivity contribution in [2.75, 3.05) is 6.61 Å². The fourth-order valence-electron chi connectivity index (χ4n) is 1.88. The van der Waals surface area contributed by atoms with E-state index >= 15 is 0 Å². The minimum Gasteiger partial charge on any atom is -0.394 e. The molecule has 1 aromatic heterocycles. The number of carbonyl (C=O) groups excluding carboxylic acids is 1. The molecule has 1 amide bonds. The zero-order chi connectivity index (χ0) is 14.4. The Labute approximate surface area is 126 Å². The number of aliphatic hydroxyl groups is 1. The van der Waals surface area contributed by atoms with Crippen LogP contribution in [0.2, 0.25) is 0 Å². The van der Waals surface area contributed by atoms with Gasteiger partial charge >= 0.3 is 0 Å². The van der Waals surface area contributed by atoms with Gasteiger partial charge in [-0.25, -0.2) is 4.98 Å². The van der Waals surface area contributed by atoms with E-state index in [2.05, 4.69) is 26.2 Å². The quantitative estimate of drug-likeness (QED) is 0.824. The molecule has 104 valence electrons. The lowest BCUT2D eigenvalue weighted by Crippen LogP contribution is -2.39. The summed E-state index contributed by atoms with van der Waals surface area (Å²) in [6.45, 7) is -0.113. The first-order chi connectivity index (χ1) is 9.70. The molecule has 0 aliphatic heterocycles. The predicted molar refractivity (Wildman–Crippen MR) is 80.4 cm³/mol. The number of benzene rings is 1. The Morgan fingerprint density at radius 2 is 2.00 bits per heavy atom. The monoisotopic (exact) mass is 334 g/mol. The summed E-state index contributed by atoms with van der Waals surface area (Å²) in [6, 6.07) is 12.8. The van der Waals surface area contributed by atoms with E-state index in [0.29, 0.717) is 16.6 Å². The molecule has 20 heavy (non-hydrogen) atoms. The number of pyridine rings is 1. The van der Waals surface area contributed by atoms with E-state index < -0.39 is 0 Å². The third-order valence-electron chi connectivity index (χ3n) is 2.88. The summed E-state index contributed by atoms with van der Waals surface area (Å²) < 4.78 is 0.494. The molecule has 1 heterocycles. The first-order valence-electron chi connectivity index (χ1n) is 6.27. The Kier molecular flexibility index (Phi) is 5.26. The number of halogens is 1. The van der Waals surface area contributed by atoms with Crippen LogP contribution in [0.4, 0.5) is 0 Å². The second-order valence-corrected chi connectivity index (χ2v) is 5.14. The van der Waals surface area contributed by atoms with Crippen LogP contribution in [0.25, 0.3) is 0 Å². The molecule has 5 heteroatoms. The number of nitrogens with zero attached hydrogens (tertiary/aromatic N) is 1. The fraction of sp³-hybridized carbons (Fsp3) is 0.200. The molecule has 0 saturated carbocycles. The maximum atomic E-state index is 12.1. The van der Waals surface area contributed by atoms with Gasteiger partial charge in [0.1, 0.15) is 4.60 Å². The van der Waals surface area contributed by atoms with Crippen LogP contribution in [0.15, 0.2) is 53.3 Å². The largest absolute Gasteiger partial charge is 0.394 e. The van der Waals surface area contributed by atoms with Crippen LogP contribution in [0.5, 0.6) is 0 Å². The van der Waals surface area contributed by atoms with Crippen molar-refractivity contribution < 1.29 is 9.90 Å². The zero-order valence-corrected chi connectivity index (χ0v) is 12.4. The van der Waals surface area contributed by atoms with Crippen molar-refractivity contribution in [3.8, 4) is 0 Å². The third-order valence-corrected chi connectivity index (χ3v) is 3.52. The van der Waals surface area contributed by atoms with Crippen molar-refractivity contribution in [3.05, 3.63) is 64.4 Å². The Hall–Kier alpha value is -1.72. The van der Waals surface area contributed by atoms with Crippen molar-refractivity contribution in [1.82, 2.24) is 10.3 Å². The Morgan fingerprint density at radius 1 is 1.25 bits per heavy atom. The molecule has 0 bridgehead atoms. The average Bonchev–Trinajstić information content (AvgIpc) is 2.48. The number of amides is 1. The molecule has 0 aliphatic carbocycles. The topological polar surface area (TPSA) is 62.2 Å². The van der Waals surface area contributed by atoms with Gasteiger partial charge in [-0.2, -0.15) is 0 Å². The van der Waals surface area contributed by atoms with Gasteiger partial charge in [-0.15, -0.1) is 0 Å². The summed E-state index contributed by atoms with van der Waals surface area (Å²) in [5.74, 6) is -0.250. The molecule has 0 aliphatic rings. The van der Waals surface area contributed by atoms with Crippen LogP contribution in [0.1, 0.15) is 15.9 Å². The number of hydrogen-bond acceptors (Lipinski definition) is 3. The fourth-order valence-corrected chi connectivity index (χ4v) is 2.31. The Morgan fingerprint density at radius 3 is 2.65 bits per heavy atom. The maximum absolute atomic E-state index is 12.1. The molecule has 0 unspecified atom stereocenters. The zero-order valence-electron chi connectivity index (χ0n) is 10.8. The predicted octanol–water partition coefficient (Wildman–Crippen LogP) is 2.18. The van der Waals surface area contributed by atoms with E-state index in [-0.39, 0.29) is 18.6 Å². The second-order valence-electron chi connectivity index (χ2n) is 4.38. The molecule has 2 N–H and O–H groups in total. The molecule has 0 radical (unpaired) electrons. The summed E-state index contributed by atoms with van der Waals surface area (Å²) in [6.07, 6.45) is 2.19. The lowest BCUT2D eigenvalue weighted by Gasteiger charge is -2.16. The molecule has 0 saturated heterocycles. The van der Waals surface area contributed by atoms with Crippen LogP contribution < -0.4 is 5.32 Å². The molecule has 4 nitrogen and oxygen atoms in total. The van der Waals surface area contributed by atoms with Gasteiger partial charge in [-0.1, -0.05) is 30.3 Å². The van der Waals surface area contributed by atoms with Crippen LogP contribution in [-0.2, 0) is 6.42 Å². The molecule has 1 atom stereocenters. The van der Waals surface area contributed by atoms with Gasteiger partial charge in [0, 0.05) is 6.20 Å². The highest BCUT2D eigenvalue weighted by Crippen LogP contribution is 2.13. The summed E-state index contributed by atoms with van der Waals surface area (Å²) in [5, 5.41) is 12.2. The van der Waals surface area contributed by atoms with E-state index in [0.717, 1.165) is 5.56 Å². The van der Waals surface area contributed by atoms with E-state index in [1.54, 1.807) is 18.3 Å². The van der Waals surface area contributed by atoms with Gasteiger partial charge in [0.15, 0.2) is 0 Å². The third kappa shape index (κ3) is 3.88. The summed E-state index contributed by atoms with van der Waals surface area (Å²) >= 11 is 3.24. The summed E-state index contributed by atoms with van der Waals surface area (Å²) in [5.41, 5.74) is 1.52. The van der Waals surface area contributed by atoms with Crippen LogP contribution in [0.3, 0.4) is 0 Å². The Balaban J connectivity index is 2.03. The van der Waals surface area contributed by atoms with Crippen molar-refractivity contribution in [2.24, 2.45) is 0 Å². The van der Waals surface area contributed by atoms with Gasteiger partial charge in [0.2, 0.25) is 0 Å². The minimum atomic E-state index is -0.322. The number of carbonyl (C=O) groups is 1. The molecule has 1 aromatic carbocycles. The van der Waals surface area contributed by atoms with Gasteiger partial charge in [-0.05, 0) is 40.0 Å². The maximum Gasteiger partial charge on any atom is 0.254 e. The van der Waals surface area contributed by atoms with Gasteiger partial charge < -0.3 is 10.4 Å². The summed E-state index contributed by atoms with van der Waals surface area (Å²) in [4.78, 5) is 16.1. The highest BCUT2D eigenvalue weighted by molar-refractivity contribution is 9.10. The number of hydrogen-bond donors (Lipinski definition) is 2. The highest BCUT2D eigenvalue weighted by atomic mass is 79.9. The van der Waals surface area contributed by atoms with Gasteiger partial charge in [-0.3, -0.25) is 4.79 Å². The van der Waals surface area contributed by atoms with Gasteiger partial charge in [0.05, 0.1) is 18.2 Å². The molecule has 0 spiro atoms. The number of rotatable bonds is 5. The smallest absolute Gasteiger partial charge is 0.254 e. The van der Waals surface area contributed by atoms with E-state index in [1.165, 1.54) is 0 Å². The standard InChI is InChI=1S/C15H15BrN2O2/c16-14-13(7-4-8-17-14)15(20)18-12(10-19)9-11-5-2-1-3-6-11/h1-8,12,19H,9-10H2,(H,18,20)/t12-/m1/s1. The van der Waals surface area contributed by atoms with Crippen molar-refractivity contribution in [1.29, 1.82) is 0 Å². The van der Waals surface area contributed by atoms with Crippen molar-refractivity contribution >= 4 is 21.8 Å². The SMILES string of the molecule is O=C(N[C@@H](CO)Cc1ccccc1)c1cccnc1Br. The normalized spacial score (nSPS) is 11.9. The van der Waals surface area contributed by atoms with Crippen molar-refractivity contribution in [2.45, 2.75) is 12.5 Å². The summed E-state index contributed by atoms with van der Waals surface area (Å²) in [7, 11) is 0. The minimum absolute atomic E-state index is 0.113. The van der Waals surface area contributed by atoms with Crippen LogP contribution >= 0.6 is 15.9 Å². The number of aliphatic hydroxyl groups excluding tert-OH is 1. The lowest BCUT2D eigenvalue weighted by molar-refractivity contribution is 0.0915. The highest BCUT2D eigenvalue weighted by Gasteiger charge is 2.15. The Bertz CT molecular complexity index is 575. The first kappa shape index (κ1) is 14.7. The molecular weight excluding hydrogens is 320 g/mol. The second kappa shape index (κ2) is 7.17. The molecule has 2 rings (SSSR count).